The van der Waals surface area contributed by atoms with Crippen molar-refractivity contribution in [1.29, 1.82) is 0 Å². The van der Waals surface area contributed by atoms with Gasteiger partial charge in [-0.2, -0.15) is 0 Å². The van der Waals surface area contributed by atoms with Gasteiger partial charge in [0, 0.05) is 5.71 Å². The monoisotopic (exact) mass is 377 g/mol. The molecule has 2 amide bonds. The summed E-state index contributed by atoms with van der Waals surface area (Å²) in [5, 5.41) is 2.89. The molecule has 2 aromatic carbocycles. The van der Waals surface area contributed by atoms with Gasteiger partial charge in [-0.3, -0.25) is 14.6 Å². The van der Waals surface area contributed by atoms with Crippen LogP contribution in [0.2, 0.25) is 0 Å². The molecule has 0 aromatic heterocycles. The van der Waals surface area contributed by atoms with E-state index in [1.165, 1.54) is 0 Å². The van der Waals surface area contributed by atoms with Crippen LogP contribution in [0.1, 0.15) is 24.8 Å². The second-order valence-electron chi connectivity index (χ2n) is 7.21. The maximum Gasteiger partial charge on any atom is 0.244 e. The van der Waals surface area contributed by atoms with Gasteiger partial charge in [-0.1, -0.05) is 18.2 Å². The lowest BCUT2D eigenvalue weighted by atomic mass is 10.1. The largest absolute Gasteiger partial charge is 0.495 e. The zero-order valence-corrected chi connectivity index (χ0v) is 16.1. The van der Waals surface area contributed by atoms with E-state index in [0.29, 0.717) is 17.1 Å². The molecule has 1 N–H and O–H groups in total. The van der Waals surface area contributed by atoms with Crippen LogP contribution in [-0.2, 0) is 9.59 Å². The number of carbonyl (C=O) groups is 2. The van der Waals surface area contributed by atoms with Gasteiger partial charge in [0.25, 0.3) is 0 Å². The third-order valence-corrected chi connectivity index (χ3v) is 5.26. The summed E-state index contributed by atoms with van der Waals surface area (Å²) >= 11 is 0. The van der Waals surface area contributed by atoms with Crippen LogP contribution in [0.3, 0.4) is 0 Å². The fourth-order valence-corrected chi connectivity index (χ4v) is 3.89. The summed E-state index contributed by atoms with van der Waals surface area (Å²) in [6, 6.07) is 13.1. The van der Waals surface area contributed by atoms with Gasteiger partial charge in [-0.05, 0) is 56.0 Å². The number of methoxy groups -OCH3 is 1. The maximum atomic E-state index is 13.2. The number of anilines is 2. The highest BCUT2D eigenvalue weighted by Crippen LogP contribution is 2.37. The van der Waals surface area contributed by atoms with E-state index in [1.54, 1.807) is 12.0 Å². The molecular formula is C22H23N3O3. The van der Waals surface area contributed by atoms with Gasteiger partial charge < -0.3 is 15.0 Å². The van der Waals surface area contributed by atoms with Crippen LogP contribution < -0.4 is 15.0 Å². The van der Waals surface area contributed by atoms with Gasteiger partial charge in [0.1, 0.15) is 12.3 Å². The Balaban J connectivity index is 1.61. The zero-order chi connectivity index (χ0) is 19.7. The van der Waals surface area contributed by atoms with Gasteiger partial charge in [0.05, 0.1) is 30.1 Å². The van der Waals surface area contributed by atoms with E-state index in [-0.39, 0.29) is 24.3 Å². The second kappa shape index (κ2) is 7.46. The highest BCUT2D eigenvalue weighted by Gasteiger charge is 2.37. The fourth-order valence-electron chi connectivity index (χ4n) is 3.89. The summed E-state index contributed by atoms with van der Waals surface area (Å²) in [7, 11) is 1.56. The molecular weight excluding hydrogens is 354 g/mol. The highest BCUT2D eigenvalue weighted by molar-refractivity contribution is 6.16. The molecule has 0 saturated heterocycles. The lowest BCUT2D eigenvalue weighted by molar-refractivity contribution is -0.123. The first-order valence-corrected chi connectivity index (χ1v) is 9.49. The zero-order valence-electron chi connectivity index (χ0n) is 16.1. The van der Waals surface area contributed by atoms with Crippen LogP contribution in [-0.4, -0.2) is 31.2 Å². The number of benzene rings is 2. The third kappa shape index (κ3) is 3.38. The second-order valence-corrected chi connectivity index (χ2v) is 7.21. The molecule has 144 valence electrons. The van der Waals surface area contributed by atoms with Gasteiger partial charge in [0.15, 0.2) is 0 Å². The summed E-state index contributed by atoms with van der Waals surface area (Å²) in [5.41, 5.74) is 3.97. The number of nitrogens with zero attached hydrogens (tertiary/aromatic N) is 2. The Morgan fingerprint density at radius 1 is 1.29 bits per heavy atom. The summed E-state index contributed by atoms with van der Waals surface area (Å²) in [6.45, 7) is 1.88. The van der Waals surface area contributed by atoms with E-state index in [9.17, 15) is 9.59 Å². The standard InChI is InChI=1S/C22H23N3O3/c1-14-10-11-20(28-2)18(12-14)24-21(26)13-25-19-9-4-3-7-17(19)23-16-8-5-6-15(16)22(25)27/h3-4,7,9-12,15H,5-6,8,13H2,1-2H3,(H,24,26). The normalized spacial score (nSPS) is 18.1. The summed E-state index contributed by atoms with van der Waals surface area (Å²) in [6.07, 6.45) is 2.58. The minimum atomic E-state index is -0.270. The van der Waals surface area contributed by atoms with Crippen molar-refractivity contribution in [3.8, 4) is 5.75 Å². The van der Waals surface area contributed by atoms with Crippen LogP contribution >= 0.6 is 0 Å². The first-order valence-electron chi connectivity index (χ1n) is 9.49. The molecule has 1 aliphatic heterocycles. The molecule has 0 radical (unpaired) electrons. The van der Waals surface area contributed by atoms with Crippen LogP contribution in [0, 0.1) is 12.8 Å². The molecule has 1 saturated carbocycles. The topological polar surface area (TPSA) is 71.0 Å². The number of para-hydroxylation sites is 2. The van der Waals surface area contributed by atoms with Crippen molar-refractivity contribution < 1.29 is 14.3 Å². The van der Waals surface area contributed by atoms with Gasteiger partial charge in [-0.25, -0.2) is 0 Å². The first-order chi connectivity index (χ1) is 13.6. The SMILES string of the molecule is COc1ccc(C)cc1NC(=O)CN1C(=O)C2CCCC2=Nc2ccccc21. The van der Waals surface area contributed by atoms with Crippen molar-refractivity contribution in [2.45, 2.75) is 26.2 Å². The highest BCUT2D eigenvalue weighted by atomic mass is 16.5. The molecule has 1 aliphatic carbocycles. The molecule has 1 heterocycles. The molecule has 1 unspecified atom stereocenters. The number of aryl methyl sites for hydroxylation is 1. The van der Waals surface area contributed by atoms with Crippen LogP contribution in [0.5, 0.6) is 5.75 Å². The van der Waals surface area contributed by atoms with Crippen molar-refractivity contribution >= 4 is 34.6 Å². The predicted molar refractivity (Wildman–Crippen MR) is 110 cm³/mol. The quantitative estimate of drug-likeness (QED) is 0.879. The van der Waals surface area contributed by atoms with Crippen molar-refractivity contribution in [3.05, 3.63) is 48.0 Å². The Morgan fingerprint density at radius 2 is 2.11 bits per heavy atom. The van der Waals surface area contributed by atoms with Crippen molar-refractivity contribution in [2.75, 3.05) is 23.9 Å². The minimum absolute atomic E-state index is 0.0486. The predicted octanol–water partition coefficient (Wildman–Crippen LogP) is 3.86. The Bertz CT molecular complexity index is 967. The van der Waals surface area contributed by atoms with Crippen molar-refractivity contribution in [1.82, 2.24) is 0 Å². The third-order valence-electron chi connectivity index (χ3n) is 5.26. The fraction of sp³-hybridized carbons (Fsp3) is 0.318. The number of hydrogen-bond acceptors (Lipinski definition) is 4. The van der Waals surface area contributed by atoms with E-state index in [2.05, 4.69) is 5.32 Å². The molecule has 2 aliphatic rings. The number of ether oxygens (including phenoxy) is 1. The summed E-state index contributed by atoms with van der Waals surface area (Å²) in [5.74, 6) is 0.0396. The van der Waals surface area contributed by atoms with E-state index in [1.807, 2.05) is 49.4 Å². The number of fused-ring (bicyclic) bond motifs is 2. The number of aliphatic imine (C=N–C) groups is 1. The Kier molecular flexibility index (Phi) is 4.86. The Labute approximate surface area is 164 Å². The van der Waals surface area contributed by atoms with Crippen LogP contribution in [0.25, 0.3) is 0 Å². The van der Waals surface area contributed by atoms with Crippen LogP contribution in [0.4, 0.5) is 17.1 Å². The number of rotatable bonds is 4. The molecule has 28 heavy (non-hydrogen) atoms. The number of carbonyl (C=O) groups excluding carboxylic acids is 2. The van der Waals surface area contributed by atoms with E-state index in [4.69, 9.17) is 9.73 Å². The Morgan fingerprint density at radius 3 is 2.93 bits per heavy atom. The van der Waals surface area contributed by atoms with Gasteiger partial charge in [-0.15, -0.1) is 0 Å². The maximum absolute atomic E-state index is 13.2. The summed E-state index contributed by atoms with van der Waals surface area (Å²) < 4.78 is 5.33. The molecule has 4 rings (SSSR count). The van der Waals surface area contributed by atoms with E-state index >= 15 is 0 Å². The van der Waals surface area contributed by atoms with Crippen molar-refractivity contribution in [3.63, 3.8) is 0 Å². The average molecular weight is 377 g/mol. The molecule has 6 nitrogen and oxygen atoms in total. The number of hydrogen-bond donors (Lipinski definition) is 1. The first kappa shape index (κ1) is 18.2. The Hall–Kier alpha value is -3.15. The lowest BCUT2D eigenvalue weighted by Gasteiger charge is -2.24. The summed E-state index contributed by atoms with van der Waals surface area (Å²) in [4.78, 5) is 32.3. The van der Waals surface area contributed by atoms with E-state index < -0.39 is 0 Å². The average Bonchev–Trinajstić information content (AvgIpc) is 3.11. The van der Waals surface area contributed by atoms with Crippen LogP contribution in [0.15, 0.2) is 47.5 Å². The minimum Gasteiger partial charge on any atom is -0.495 e. The van der Waals surface area contributed by atoms with Crippen molar-refractivity contribution in [2.24, 2.45) is 10.9 Å². The molecule has 0 bridgehead atoms. The smallest absolute Gasteiger partial charge is 0.244 e. The molecule has 0 spiro atoms. The molecule has 6 heteroatoms. The van der Waals surface area contributed by atoms with E-state index in [0.717, 1.165) is 36.2 Å². The van der Waals surface area contributed by atoms with Gasteiger partial charge in [0.2, 0.25) is 11.8 Å². The number of amides is 2. The van der Waals surface area contributed by atoms with Gasteiger partial charge >= 0.3 is 0 Å². The molecule has 1 atom stereocenters. The number of nitrogens with one attached hydrogen (secondary N) is 1. The lowest BCUT2D eigenvalue weighted by Crippen LogP contribution is -2.41. The molecule has 2 aromatic rings. The molecule has 1 fully saturated rings.